The quantitative estimate of drug-likeness (QED) is 0.935. The molecule has 1 aliphatic rings. The normalized spacial score (nSPS) is 17.2. The maximum atomic E-state index is 5.65. The summed E-state index contributed by atoms with van der Waals surface area (Å²) in [5, 5.41) is 4.20. The minimum atomic E-state index is 0.669. The van der Waals surface area contributed by atoms with E-state index in [9.17, 15) is 0 Å². The molecule has 0 amide bonds. The van der Waals surface area contributed by atoms with Crippen molar-refractivity contribution in [2.75, 3.05) is 36.8 Å². The minimum Gasteiger partial charge on any atom is -0.375 e. The number of thiophene rings is 1. The lowest BCUT2D eigenvalue weighted by Crippen LogP contribution is -2.45. The third-order valence-corrected chi connectivity index (χ3v) is 4.88. The van der Waals surface area contributed by atoms with Gasteiger partial charge in [-0.1, -0.05) is 0 Å². The molecule has 4 nitrogen and oxygen atoms in total. The fourth-order valence-electron chi connectivity index (χ4n) is 2.19. The molecule has 2 aromatic heterocycles. The molecule has 2 N–H and O–H groups in total. The fraction of sp³-hybridized carbons (Fsp3) is 0.417. The maximum Gasteiger partial charge on any atom is 0.180 e. The molecule has 1 saturated heterocycles. The van der Waals surface area contributed by atoms with Crippen molar-refractivity contribution in [2.45, 2.75) is 6.54 Å². The van der Waals surface area contributed by atoms with Crippen LogP contribution in [0, 0.1) is 0 Å². The molecule has 0 unspecified atom stereocenters. The highest BCUT2D eigenvalue weighted by Gasteiger charge is 2.18. The number of nitrogen functional groups attached to an aromatic ring is 1. The summed E-state index contributed by atoms with van der Waals surface area (Å²) >= 11 is 3.41. The van der Waals surface area contributed by atoms with Crippen molar-refractivity contribution in [1.29, 1.82) is 0 Å². The van der Waals surface area contributed by atoms with Crippen molar-refractivity contribution >= 4 is 32.8 Å². The Kier molecular flexibility index (Phi) is 3.49. The van der Waals surface area contributed by atoms with Crippen molar-refractivity contribution in [3.63, 3.8) is 0 Å². The van der Waals surface area contributed by atoms with E-state index in [2.05, 4.69) is 32.3 Å². The van der Waals surface area contributed by atoms with Gasteiger partial charge in [-0.05, 0) is 17.5 Å². The van der Waals surface area contributed by atoms with Gasteiger partial charge in [0, 0.05) is 43.8 Å². The molecule has 1 aliphatic heterocycles. The lowest BCUT2D eigenvalue weighted by molar-refractivity contribution is 0.252. The standard InChI is InChI=1S/C12H16N4S2/c13-12-14-8-10(18-12)9-15-3-5-16(6-4-15)11-2-1-7-17-11/h1-2,7-8H,3-6,9H2,(H2,13,14). The first-order chi connectivity index (χ1) is 8.81. The topological polar surface area (TPSA) is 45.4 Å². The molecule has 3 heterocycles. The van der Waals surface area contributed by atoms with Crippen molar-refractivity contribution in [1.82, 2.24) is 9.88 Å². The van der Waals surface area contributed by atoms with Gasteiger partial charge in [-0.3, -0.25) is 4.90 Å². The molecular weight excluding hydrogens is 264 g/mol. The number of nitrogens with two attached hydrogens (primary N) is 1. The van der Waals surface area contributed by atoms with Gasteiger partial charge in [-0.2, -0.15) is 0 Å². The average Bonchev–Trinajstić information content (AvgIpc) is 3.02. The van der Waals surface area contributed by atoms with Crippen LogP contribution in [-0.2, 0) is 6.54 Å². The highest BCUT2D eigenvalue weighted by atomic mass is 32.1. The van der Waals surface area contributed by atoms with Crippen molar-refractivity contribution in [3.05, 3.63) is 28.6 Å². The molecule has 96 valence electrons. The van der Waals surface area contributed by atoms with Gasteiger partial charge in [0.25, 0.3) is 0 Å². The van der Waals surface area contributed by atoms with E-state index in [1.54, 1.807) is 11.3 Å². The number of hydrogen-bond donors (Lipinski definition) is 1. The molecule has 1 fully saturated rings. The molecule has 0 atom stereocenters. The second kappa shape index (κ2) is 5.26. The Morgan fingerprint density at radius 3 is 2.72 bits per heavy atom. The molecule has 18 heavy (non-hydrogen) atoms. The van der Waals surface area contributed by atoms with Crippen molar-refractivity contribution in [3.8, 4) is 0 Å². The predicted molar refractivity (Wildman–Crippen MR) is 78.3 cm³/mol. The summed E-state index contributed by atoms with van der Waals surface area (Å²) in [7, 11) is 0. The lowest BCUT2D eigenvalue weighted by Gasteiger charge is -2.34. The summed E-state index contributed by atoms with van der Waals surface area (Å²) in [4.78, 5) is 10.3. The van der Waals surface area contributed by atoms with Crippen LogP contribution in [0.25, 0.3) is 0 Å². The Bertz CT molecular complexity index is 486. The zero-order chi connectivity index (χ0) is 12.4. The van der Waals surface area contributed by atoms with E-state index in [-0.39, 0.29) is 0 Å². The van der Waals surface area contributed by atoms with Crippen molar-refractivity contribution in [2.24, 2.45) is 0 Å². The van der Waals surface area contributed by atoms with Crippen LogP contribution < -0.4 is 10.6 Å². The lowest BCUT2D eigenvalue weighted by atomic mass is 10.3. The highest BCUT2D eigenvalue weighted by Crippen LogP contribution is 2.23. The molecule has 6 heteroatoms. The van der Waals surface area contributed by atoms with Gasteiger partial charge in [0.1, 0.15) is 0 Å². The number of thiazole rings is 1. The van der Waals surface area contributed by atoms with Gasteiger partial charge in [-0.15, -0.1) is 22.7 Å². The smallest absolute Gasteiger partial charge is 0.180 e. The molecule has 0 spiro atoms. The van der Waals surface area contributed by atoms with E-state index in [1.165, 1.54) is 9.88 Å². The molecule has 2 aromatic rings. The van der Waals surface area contributed by atoms with Gasteiger partial charge < -0.3 is 10.6 Å². The summed E-state index contributed by atoms with van der Waals surface area (Å²) in [5.74, 6) is 0. The number of hydrogen-bond acceptors (Lipinski definition) is 6. The van der Waals surface area contributed by atoms with Gasteiger partial charge in [0.05, 0.1) is 5.00 Å². The zero-order valence-electron chi connectivity index (χ0n) is 10.1. The van der Waals surface area contributed by atoms with E-state index in [0.717, 1.165) is 32.7 Å². The summed E-state index contributed by atoms with van der Waals surface area (Å²) in [6.07, 6.45) is 1.89. The van der Waals surface area contributed by atoms with Crippen molar-refractivity contribution < 1.29 is 0 Å². The first kappa shape index (κ1) is 12.0. The van der Waals surface area contributed by atoms with E-state index < -0.39 is 0 Å². The van der Waals surface area contributed by atoms with Crippen LogP contribution >= 0.6 is 22.7 Å². The van der Waals surface area contributed by atoms with Crippen LogP contribution in [0.4, 0.5) is 10.1 Å². The third-order valence-electron chi connectivity index (χ3n) is 3.14. The van der Waals surface area contributed by atoms with E-state index in [0.29, 0.717) is 5.13 Å². The average molecular weight is 280 g/mol. The van der Waals surface area contributed by atoms with Crippen LogP contribution in [0.5, 0.6) is 0 Å². The van der Waals surface area contributed by atoms with Gasteiger partial charge in [0.15, 0.2) is 5.13 Å². The summed E-state index contributed by atoms with van der Waals surface area (Å²) in [5.41, 5.74) is 5.65. The first-order valence-corrected chi connectivity index (χ1v) is 7.72. The van der Waals surface area contributed by atoms with Crippen LogP contribution in [0.2, 0.25) is 0 Å². The van der Waals surface area contributed by atoms with Crippen LogP contribution in [-0.4, -0.2) is 36.1 Å². The number of anilines is 2. The third kappa shape index (κ3) is 2.66. The number of piperazine rings is 1. The Morgan fingerprint density at radius 1 is 1.28 bits per heavy atom. The molecule has 0 radical (unpaired) electrons. The molecule has 0 saturated carbocycles. The molecule has 0 aliphatic carbocycles. The monoisotopic (exact) mass is 280 g/mol. The van der Waals surface area contributed by atoms with Gasteiger partial charge >= 0.3 is 0 Å². The minimum absolute atomic E-state index is 0.669. The highest BCUT2D eigenvalue weighted by molar-refractivity contribution is 7.15. The van der Waals surface area contributed by atoms with E-state index in [4.69, 9.17) is 5.73 Å². The SMILES string of the molecule is Nc1ncc(CN2CCN(c3cccs3)CC2)s1. The summed E-state index contributed by atoms with van der Waals surface area (Å²) in [6.45, 7) is 5.40. The molecule has 0 aromatic carbocycles. The number of nitrogens with zero attached hydrogens (tertiary/aromatic N) is 3. The maximum absolute atomic E-state index is 5.65. The second-order valence-electron chi connectivity index (χ2n) is 4.38. The Hall–Kier alpha value is -1.11. The zero-order valence-corrected chi connectivity index (χ0v) is 11.7. The van der Waals surface area contributed by atoms with Gasteiger partial charge in [0.2, 0.25) is 0 Å². The number of aromatic nitrogens is 1. The van der Waals surface area contributed by atoms with Crippen LogP contribution in [0.15, 0.2) is 23.7 Å². The van der Waals surface area contributed by atoms with Crippen LogP contribution in [0.1, 0.15) is 4.88 Å². The predicted octanol–water partition coefficient (Wildman–Crippen LogP) is 2.11. The molecule has 3 rings (SSSR count). The van der Waals surface area contributed by atoms with Crippen LogP contribution in [0.3, 0.4) is 0 Å². The van der Waals surface area contributed by atoms with Gasteiger partial charge in [-0.25, -0.2) is 4.98 Å². The summed E-state index contributed by atoms with van der Waals surface area (Å²) in [6, 6.07) is 4.32. The first-order valence-electron chi connectivity index (χ1n) is 6.02. The molecule has 0 bridgehead atoms. The largest absolute Gasteiger partial charge is 0.375 e. The summed E-state index contributed by atoms with van der Waals surface area (Å²) < 4.78 is 0. The Balaban J connectivity index is 1.54. The number of rotatable bonds is 3. The molecular formula is C12H16N4S2. The second-order valence-corrected chi connectivity index (χ2v) is 6.45. The van der Waals surface area contributed by atoms with E-state index >= 15 is 0 Å². The fourth-order valence-corrected chi connectivity index (χ4v) is 3.70. The Labute approximate surface area is 115 Å². The Morgan fingerprint density at radius 2 is 2.11 bits per heavy atom. The van der Waals surface area contributed by atoms with E-state index in [1.807, 2.05) is 17.5 Å².